The second-order valence-corrected chi connectivity index (χ2v) is 15.6. The summed E-state index contributed by atoms with van der Waals surface area (Å²) in [7, 11) is 4.28. The summed E-state index contributed by atoms with van der Waals surface area (Å²) in [6.45, 7) is 11.2. The van der Waals surface area contributed by atoms with E-state index in [0.717, 1.165) is 90.0 Å². The summed E-state index contributed by atoms with van der Waals surface area (Å²) in [6.07, 6.45) is 38.7. The van der Waals surface area contributed by atoms with Crippen molar-refractivity contribution in [2.75, 3.05) is 33.9 Å². The second-order valence-electron chi connectivity index (χ2n) is 15.6. The molecule has 0 amide bonds. The molecule has 52 heavy (non-hydrogen) atoms. The molecule has 304 valence electrons. The Labute approximate surface area is 322 Å². The lowest BCUT2D eigenvalue weighted by Gasteiger charge is -2.19. The Balaban J connectivity index is 4.28. The molecule has 0 radical (unpaired) electrons. The average Bonchev–Trinajstić information content (AvgIpc) is 3.10. The Kier molecular flexibility index (Phi) is 37.0. The van der Waals surface area contributed by atoms with E-state index in [0.29, 0.717) is 25.0 Å². The van der Waals surface area contributed by atoms with Gasteiger partial charge in [-0.15, -0.1) is 0 Å². The van der Waals surface area contributed by atoms with Crippen molar-refractivity contribution in [1.29, 1.82) is 0 Å². The Hall–Kier alpha value is -2.15. The number of nitrogens with zero attached hydrogens (tertiary/aromatic N) is 2. The number of rotatable bonds is 38. The molecule has 0 aromatic carbocycles. The Morgan fingerprint density at radius 1 is 0.596 bits per heavy atom. The van der Waals surface area contributed by atoms with Gasteiger partial charge in [0.2, 0.25) is 0 Å². The van der Waals surface area contributed by atoms with Crippen molar-refractivity contribution in [3.63, 3.8) is 0 Å². The minimum Gasteiger partial charge on any atom is -0.463 e. The number of allylic oxidation sites excluding steroid dienone is 2. The molecule has 0 aromatic rings. The van der Waals surface area contributed by atoms with Crippen LogP contribution >= 0.6 is 0 Å². The highest BCUT2D eigenvalue weighted by Crippen LogP contribution is 2.18. The number of carbonyl (C=O) groups is 2. The first-order valence-electron chi connectivity index (χ1n) is 21.8. The van der Waals surface area contributed by atoms with Crippen molar-refractivity contribution < 1.29 is 23.9 Å². The van der Waals surface area contributed by atoms with Crippen molar-refractivity contribution in [3.05, 3.63) is 24.3 Å². The van der Waals surface area contributed by atoms with Gasteiger partial charge in [0.05, 0.1) is 13.2 Å². The molecule has 7 heteroatoms. The van der Waals surface area contributed by atoms with Gasteiger partial charge in [0.1, 0.15) is 6.10 Å². The Morgan fingerprint density at radius 2 is 1.04 bits per heavy atom. The largest absolute Gasteiger partial charge is 0.463 e. The second kappa shape index (κ2) is 38.6. The van der Waals surface area contributed by atoms with Crippen molar-refractivity contribution in [2.24, 2.45) is 17.0 Å². The number of carbonyl (C=O) groups excluding carboxylic acids is 2. The Morgan fingerprint density at radius 3 is 1.50 bits per heavy atom. The van der Waals surface area contributed by atoms with E-state index in [2.05, 4.69) is 51.8 Å². The monoisotopic (exact) mass is 733 g/mol. The molecular weight excluding hydrogens is 649 g/mol. The van der Waals surface area contributed by atoms with Crippen molar-refractivity contribution >= 4 is 18.2 Å². The Bertz CT molecular complexity index is 835. The van der Waals surface area contributed by atoms with Gasteiger partial charge in [0.15, 0.2) is 0 Å². The normalized spacial score (nSPS) is 13.2. The van der Waals surface area contributed by atoms with E-state index < -0.39 is 0 Å². The maximum absolute atomic E-state index is 11.9. The molecule has 0 spiro atoms. The summed E-state index contributed by atoms with van der Waals surface area (Å²) in [5.41, 5.74) is 0. The molecular formula is C45H84N2O5. The summed E-state index contributed by atoms with van der Waals surface area (Å²) in [5, 5.41) is 4.45. The SMILES string of the molecule is CCCCCC/C=C\C(=O)OCCCCCCCCC(CCCCCCCCOC(=O)/C=C\CCCCCC)O/N=C/CC(C)CC(C)CN(C)C. The number of hydrogen-bond donors (Lipinski definition) is 0. The van der Waals surface area contributed by atoms with Gasteiger partial charge in [-0.2, -0.15) is 0 Å². The number of ether oxygens (including phenoxy) is 2. The fraction of sp³-hybridized carbons (Fsp3) is 0.844. The van der Waals surface area contributed by atoms with Gasteiger partial charge in [-0.25, -0.2) is 9.59 Å². The maximum Gasteiger partial charge on any atom is 0.330 e. The number of hydrogen-bond acceptors (Lipinski definition) is 7. The van der Waals surface area contributed by atoms with Crippen LogP contribution in [0.25, 0.3) is 0 Å². The van der Waals surface area contributed by atoms with Gasteiger partial charge in [-0.1, -0.05) is 135 Å². The zero-order chi connectivity index (χ0) is 38.3. The standard InChI is InChI=1S/C45H84N2O5/c1-7-9-11-13-21-27-33-44(48)50-37-29-23-17-15-19-25-31-43(52-46-36-35-41(3)39-42(4)40-47(5)6)32-26-20-16-18-24-30-38-51-45(49)34-28-22-14-12-10-8-2/h27-28,33-34,36,41-43H,7-26,29-32,35,37-40H2,1-6H3/b33-27-,34-28-,46-36+. The van der Waals surface area contributed by atoms with E-state index in [1.54, 1.807) is 12.2 Å². The van der Waals surface area contributed by atoms with E-state index in [9.17, 15) is 9.59 Å². The van der Waals surface area contributed by atoms with Crippen LogP contribution in [0.5, 0.6) is 0 Å². The summed E-state index contributed by atoms with van der Waals surface area (Å²) >= 11 is 0. The predicted octanol–water partition coefficient (Wildman–Crippen LogP) is 12.6. The molecule has 7 nitrogen and oxygen atoms in total. The van der Waals surface area contributed by atoms with Crippen LogP contribution in [0.3, 0.4) is 0 Å². The third kappa shape index (κ3) is 37.6. The molecule has 0 aromatic heterocycles. The van der Waals surface area contributed by atoms with E-state index in [4.69, 9.17) is 14.3 Å². The molecule has 0 fully saturated rings. The number of esters is 2. The van der Waals surface area contributed by atoms with Crippen LogP contribution in [0, 0.1) is 11.8 Å². The van der Waals surface area contributed by atoms with Crippen molar-refractivity contribution in [3.8, 4) is 0 Å². The summed E-state index contributed by atoms with van der Waals surface area (Å²) in [4.78, 5) is 32.1. The van der Waals surface area contributed by atoms with Crippen LogP contribution in [0.2, 0.25) is 0 Å². The fourth-order valence-corrected chi connectivity index (χ4v) is 6.62. The van der Waals surface area contributed by atoms with Gasteiger partial charge in [0, 0.05) is 24.9 Å². The van der Waals surface area contributed by atoms with Gasteiger partial charge in [0.25, 0.3) is 0 Å². The summed E-state index contributed by atoms with van der Waals surface area (Å²) in [5.74, 6) is 0.872. The molecule has 0 heterocycles. The highest BCUT2D eigenvalue weighted by atomic mass is 16.6. The minimum absolute atomic E-state index is 0.178. The lowest BCUT2D eigenvalue weighted by atomic mass is 9.95. The van der Waals surface area contributed by atoms with Gasteiger partial charge < -0.3 is 19.2 Å². The van der Waals surface area contributed by atoms with E-state index >= 15 is 0 Å². The van der Waals surface area contributed by atoms with Gasteiger partial charge in [-0.3, -0.25) is 0 Å². The lowest BCUT2D eigenvalue weighted by molar-refractivity contribution is -0.138. The van der Waals surface area contributed by atoms with Crippen LogP contribution in [-0.2, 0) is 23.9 Å². The first kappa shape index (κ1) is 49.9. The third-order valence-corrected chi connectivity index (χ3v) is 9.56. The highest BCUT2D eigenvalue weighted by Gasteiger charge is 2.11. The highest BCUT2D eigenvalue weighted by molar-refractivity contribution is 5.82. The third-order valence-electron chi connectivity index (χ3n) is 9.56. The molecule has 0 rings (SSSR count). The van der Waals surface area contributed by atoms with E-state index in [-0.39, 0.29) is 18.0 Å². The first-order valence-corrected chi connectivity index (χ1v) is 21.8. The molecule has 0 aliphatic rings. The maximum atomic E-state index is 11.9. The summed E-state index contributed by atoms with van der Waals surface area (Å²) < 4.78 is 10.7. The van der Waals surface area contributed by atoms with Crippen LogP contribution in [-0.4, -0.2) is 63.0 Å². The number of unbranched alkanes of at least 4 members (excludes halogenated alkanes) is 18. The fourth-order valence-electron chi connectivity index (χ4n) is 6.62. The molecule has 0 aliphatic carbocycles. The topological polar surface area (TPSA) is 77.4 Å². The molecule has 0 saturated heterocycles. The van der Waals surface area contributed by atoms with Crippen molar-refractivity contribution in [2.45, 2.75) is 201 Å². The van der Waals surface area contributed by atoms with E-state index in [1.807, 2.05) is 18.4 Å². The molecule has 0 N–H and O–H groups in total. The zero-order valence-corrected chi connectivity index (χ0v) is 35.1. The minimum atomic E-state index is -0.202. The van der Waals surface area contributed by atoms with Gasteiger partial charge in [-0.05, 0) is 103 Å². The smallest absolute Gasteiger partial charge is 0.330 e. The van der Waals surface area contributed by atoms with Gasteiger partial charge >= 0.3 is 11.9 Å². The zero-order valence-electron chi connectivity index (χ0n) is 35.1. The van der Waals surface area contributed by atoms with Crippen LogP contribution in [0.15, 0.2) is 29.5 Å². The summed E-state index contributed by atoms with van der Waals surface area (Å²) in [6, 6.07) is 0. The first-order chi connectivity index (χ1) is 25.3. The predicted molar refractivity (Wildman–Crippen MR) is 222 cm³/mol. The quantitative estimate of drug-likeness (QED) is 0.0207. The van der Waals surface area contributed by atoms with Crippen LogP contribution in [0.4, 0.5) is 0 Å². The molecule has 0 saturated carbocycles. The number of oxime groups is 1. The van der Waals surface area contributed by atoms with Crippen molar-refractivity contribution in [1.82, 2.24) is 4.90 Å². The molecule has 2 unspecified atom stereocenters. The average molecular weight is 733 g/mol. The lowest BCUT2D eigenvalue weighted by Crippen LogP contribution is -2.21. The molecule has 0 aliphatic heterocycles. The molecule has 0 bridgehead atoms. The van der Waals surface area contributed by atoms with E-state index in [1.165, 1.54) is 83.5 Å². The van der Waals surface area contributed by atoms with Crippen LogP contribution in [0.1, 0.15) is 195 Å². The molecule has 2 atom stereocenters. The van der Waals surface area contributed by atoms with Crippen LogP contribution < -0.4 is 0 Å².